The number of nitrogens with zero attached hydrogens (tertiary/aromatic N) is 2. The average molecular weight is 518 g/mol. The minimum atomic E-state index is -4.04. The third-order valence-electron chi connectivity index (χ3n) is 5.60. The van der Waals surface area contributed by atoms with E-state index in [1.807, 2.05) is 0 Å². The zero-order valence-corrected chi connectivity index (χ0v) is 20.7. The molecule has 0 unspecified atom stereocenters. The number of hydrogen-bond donors (Lipinski definition) is 1. The molecule has 1 heterocycles. The molecule has 4 rings (SSSR count). The Bertz CT molecular complexity index is 1440. The molecule has 11 heteroatoms. The van der Waals surface area contributed by atoms with Crippen molar-refractivity contribution in [3.8, 4) is 5.75 Å². The Kier molecular flexibility index (Phi) is 6.82. The molecule has 0 aliphatic carbocycles. The number of sulfonamides is 2. The van der Waals surface area contributed by atoms with E-state index in [0.29, 0.717) is 28.3 Å². The van der Waals surface area contributed by atoms with Gasteiger partial charge in [0, 0.05) is 12.1 Å². The molecule has 0 spiro atoms. The first-order valence-electron chi connectivity index (χ1n) is 10.8. The van der Waals surface area contributed by atoms with Crippen LogP contribution in [0.15, 0.2) is 82.8 Å². The number of hydrazone groups is 1. The van der Waals surface area contributed by atoms with Gasteiger partial charge in [0.25, 0.3) is 10.0 Å². The lowest BCUT2D eigenvalue weighted by Crippen LogP contribution is -2.27. The molecule has 0 aromatic heterocycles. The summed E-state index contributed by atoms with van der Waals surface area (Å²) in [5, 5.41) is 4.45. The van der Waals surface area contributed by atoms with Gasteiger partial charge in [0.05, 0.1) is 29.5 Å². The molecule has 0 saturated heterocycles. The fourth-order valence-electron chi connectivity index (χ4n) is 3.66. The summed E-state index contributed by atoms with van der Waals surface area (Å²) in [5.74, 6) is 0.0323. The predicted molar refractivity (Wildman–Crippen MR) is 132 cm³/mol. The first-order valence-corrected chi connectivity index (χ1v) is 13.8. The molecule has 3 aromatic rings. The number of nitrogens with one attached hydrogen (secondary N) is 1. The molecule has 0 amide bonds. The highest BCUT2D eigenvalue weighted by Crippen LogP contribution is 2.37. The summed E-state index contributed by atoms with van der Waals surface area (Å²) in [7, 11) is -5.98. The van der Waals surface area contributed by atoms with Gasteiger partial charge in [0.1, 0.15) is 11.6 Å². The van der Waals surface area contributed by atoms with E-state index in [9.17, 15) is 21.2 Å². The molecule has 0 radical (unpaired) electrons. The van der Waals surface area contributed by atoms with Crippen molar-refractivity contribution in [1.29, 1.82) is 0 Å². The van der Waals surface area contributed by atoms with Gasteiger partial charge in [-0.2, -0.15) is 17.9 Å². The van der Waals surface area contributed by atoms with E-state index in [4.69, 9.17) is 4.74 Å². The largest absolute Gasteiger partial charge is 0.497 e. The summed E-state index contributed by atoms with van der Waals surface area (Å²) in [5.41, 5.74) is 2.13. The Labute approximate surface area is 204 Å². The van der Waals surface area contributed by atoms with Crippen molar-refractivity contribution in [3.05, 3.63) is 89.7 Å². The average Bonchev–Trinajstić information content (AvgIpc) is 3.31. The molecule has 0 bridgehead atoms. The van der Waals surface area contributed by atoms with E-state index < -0.39 is 31.9 Å². The summed E-state index contributed by atoms with van der Waals surface area (Å²) in [6, 6.07) is 17.5. The predicted octanol–water partition coefficient (Wildman–Crippen LogP) is 4.14. The van der Waals surface area contributed by atoms with E-state index in [0.717, 1.165) is 4.41 Å². The SMILES string of the molecule is CCS(=O)(=O)Nc1ccc(C2=NN(S(=O)(=O)c3ccc(OC)cc3)[C@H](c3ccc(F)cc3)C2)cc1. The van der Waals surface area contributed by atoms with Gasteiger partial charge in [-0.1, -0.05) is 24.3 Å². The van der Waals surface area contributed by atoms with Gasteiger partial charge in [-0.15, -0.1) is 0 Å². The molecule has 1 aliphatic rings. The van der Waals surface area contributed by atoms with Crippen LogP contribution >= 0.6 is 0 Å². The van der Waals surface area contributed by atoms with Gasteiger partial charge < -0.3 is 4.74 Å². The number of benzene rings is 3. The van der Waals surface area contributed by atoms with Gasteiger partial charge in [-0.25, -0.2) is 12.8 Å². The quantitative estimate of drug-likeness (QED) is 0.484. The van der Waals surface area contributed by atoms with E-state index in [2.05, 4.69) is 9.82 Å². The highest BCUT2D eigenvalue weighted by Gasteiger charge is 2.37. The molecule has 8 nitrogen and oxygen atoms in total. The number of halogens is 1. The van der Waals surface area contributed by atoms with Crippen molar-refractivity contribution in [3.63, 3.8) is 0 Å². The van der Waals surface area contributed by atoms with Crippen LogP contribution in [0.2, 0.25) is 0 Å². The smallest absolute Gasteiger partial charge is 0.279 e. The van der Waals surface area contributed by atoms with Crippen molar-refractivity contribution in [2.45, 2.75) is 24.3 Å². The second-order valence-electron chi connectivity index (χ2n) is 7.85. The summed E-state index contributed by atoms with van der Waals surface area (Å²) in [6.45, 7) is 1.54. The van der Waals surface area contributed by atoms with Crippen LogP contribution in [0.4, 0.5) is 10.1 Å². The third kappa shape index (κ3) is 5.30. The Morgan fingerprint density at radius 3 is 2.17 bits per heavy atom. The number of ether oxygens (including phenoxy) is 1. The maximum Gasteiger partial charge on any atom is 0.279 e. The Hall–Kier alpha value is -3.44. The summed E-state index contributed by atoms with van der Waals surface area (Å²) in [4.78, 5) is 0.0414. The highest BCUT2D eigenvalue weighted by atomic mass is 32.2. The van der Waals surface area contributed by atoms with Crippen molar-refractivity contribution < 1.29 is 26.0 Å². The van der Waals surface area contributed by atoms with Crippen LogP contribution in [-0.4, -0.2) is 39.8 Å². The fraction of sp³-hybridized carbons (Fsp3) is 0.208. The standard InChI is InChI=1S/C24H24FN3O5S2/c1-3-34(29,30)27-20-10-6-17(7-11-20)23-16-24(18-4-8-19(25)9-5-18)28(26-23)35(31,32)22-14-12-21(33-2)13-15-22/h4-15,24,27H,3,16H2,1-2H3/t24-/m0/s1. The Morgan fingerprint density at radius 2 is 1.60 bits per heavy atom. The lowest BCUT2D eigenvalue weighted by atomic mass is 9.99. The number of methoxy groups -OCH3 is 1. The first kappa shape index (κ1) is 24.7. The zero-order chi connectivity index (χ0) is 25.2. The van der Waals surface area contributed by atoms with Crippen LogP contribution in [0.5, 0.6) is 5.75 Å². The molecule has 184 valence electrons. The normalized spacial score (nSPS) is 16.1. The lowest BCUT2D eigenvalue weighted by Gasteiger charge is -2.23. The van der Waals surface area contributed by atoms with E-state index in [1.165, 1.54) is 50.4 Å². The van der Waals surface area contributed by atoms with Crippen LogP contribution in [-0.2, 0) is 20.0 Å². The molecule has 1 atom stereocenters. The van der Waals surface area contributed by atoms with Crippen LogP contribution in [0, 0.1) is 5.82 Å². The topological polar surface area (TPSA) is 105 Å². The monoisotopic (exact) mass is 517 g/mol. The van der Waals surface area contributed by atoms with E-state index in [-0.39, 0.29) is 17.1 Å². The van der Waals surface area contributed by atoms with Crippen molar-refractivity contribution in [2.75, 3.05) is 17.6 Å². The Balaban J connectivity index is 1.71. The van der Waals surface area contributed by atoms with Gasteiger partial charge in [0.2, 0.25) is 10.0 Å². The molecule has 0 saturated carbocycles. The number of hydrogen-bond acceptors (Lipinski definition) is 6. The number of rotatable bonds is 8. The summed E-state index contributed by atoms with van der Waals surface area (Å²) < 4.78 is 72.9. The maximum atomic E-state index is 13.5. The molecular weight excluding hydrogens is 493 g/mol. The van der Waals surface area contributed by atoms with Gasteiger partial charge in [0.15, 0.2) is 0 Å². The van der Waals surface area contributed by atoms with E-state index >= 15 is 0 Å². The zero-order valence-electron chi connectivity index (χ0n) is 19.0. The molecule has 1 N–H and O–H groups in total. The molecule has 3 aromatic carbocycles. The van der Waals surface area contributed by atoms with Crippen LogP contribution in [0.25, 0.3) is 0 Å². The van der Waals surface area contributed by atoms with Gasteiger partial charge in [-0.3, -0.25) is 4.72 Å². The third-order valence-corrected chi connectivity index (χ3v) is 8.61. The minimum absolute atomic E-state index is 0.0414. The number of anilines is 1. The summed E-state index contributed by atoms with van der Waals surface area (Å²) in [6.07, 6.45) is 0.251. The van der Waals surface area contributed by atoms with Gasteiger partial charge in [-0.05, 0) is 66.6 Å². The summed E-state index contributed by atoms with van der Waals surface area (Å²) >= 11 is 0. The minimum Gasteiger partial charge on any atom is -0.497 e. The Morgan fingerprint density at radius 1 is 0.971 bits per heavy atom. The second kappa shape index (κ2) is 9.67. The maximum absolute atomic E-state index is 13.5. The first-order chi connectivity index (χ1) is 16.6. The fourth-order valence-corrected chi connectivity index (χ4v) is 5.73. The highest BCUT2D eigenvalue weighted by molar-refractivity contribution is 7.92. The molecule has 1 aliphatic heterocycles. The van der Waals surface area contributed by atoms with Crippen LogP contribution in [0.3, 0.4) is 0 Å². The van der Waals surface area contributed by atoms with E-state index in [1.54, 1.807) is 36.4 Å². The molecule has 35 heavy (non-hydrogen) atoms. The van der Waals surface area contributed by atoms with Crippen molar-refractivity contribution in [2.24, 2.45) is 5.10 Å². The van der Waals surface area contributed by atoms with Crippen molar-refractivity contribution >= 4 is 31.4 Å². The van der Waals surface area contributed by atoms with Gasteiger partial charge >= 0.3 is 0 Å². The van der Waals surface area contributed by atoms with Crippen molar-refractivity contribution in [1.82, 2.24) is 4.41 Å². The van der Waals surface area contributed by atoms with Crippen LogP contribution in [0.1, 0.15) is 30.5 Å². The lowest BCUT2D eigenvalue weighted by molar-refractivity contribution is 0.371. The molecule has 0 fully saturated rings. The second-order valence-corrected chi connectivity index (χ2v) is 11.7. The van der Waals surface area contributed by atoms with Crippen LogP contribution < -0.4 is 9.46 Å². The molecular formula is C24H24FN3O5S2.